The number of carboxylic acids is 1. The van der Waals surface area contributed by atoms with Crippen molar-refractivity contribution in [2.24, 2.45) is 0 Å². The zero-order valence-corrected chi connectivity index (χ0v) is 12.6. The molecule has 2 aromatic rings. The highest BCUT2D eigenvalue weighted by molar-refractivity contribution is 5.66. The third kappa shape index (κ3) is 4.38. The first kappa shape index (κ1) is 16.7. The zero-order chi connectivity index (χ0) is 17.0. The van der Waals surface area contributed by atoms with E-state index in [1.54, 1.807) is 19.1 Å². The van der Waals surface area contributed by atoms with Crippen LogP contribution in [-0.4, -0.2) is 20.6 Å². The Balaban J connectivity index is 2.15. The van der Waals surface area contributed by atoms with E-state index in [1.807, 2.05) is 0 Å². The molecule has 0 aliphatic heterocycles. The monoisotopic (exact) mass is 320 g/mol. The fourth-order valence-electron chi connectivity index (χ4n) is 2.25. The highest BCUT2D eigenvalue weighted by atomic mass is 19.1. The number of aromatic nitrogens is 2. The lowest BCUT2D eigenvalue weighted by atomic mass is 10.1. The molecule has 0 bridgehead atoms. The first-order valence-electron chi connectivity index (χ1n) is 7.16. The number of rotatable bonds is 6. The Hall–Kier alpha value is -2.70. The minimum Gasteiger partial charge on any atom is -0.481 e. The van der Waals surface area contributed by atoms with Crippen LogP contribution in [0.2, 0.25) is 0 Å². The number of aromatic amines is 1. The molecule has 0 amide bonds. The van der Waals surface area contributed by atoms with Crippen molar-refractivity contribution < 1.29 is 14.3 Å². The van der Waals surface area contributed by atoms with Gasteiger partial charge in [0.1, 0.15) is 5.82 Å². The number of nitrogens with one attached hydrogen (secondary N) is 1. The molecule has 6 nitrogen and oxygen atoms in total. The van der Waals surface area contributed by atoms with Gasteiger partial charge in [0.2, 0.25) is 0 Å². The van der Waals surface area contributed by atoms with E-state index in [1.165, 1.54) is 16.8 Å². The third-order valence-corrected chi connectivity index (χ3v) is 3.50. The minimum absolute atomic E-state index is 0.00671. The molecule has 0 spiro atoms. The molecule has 0 radical (unpaired) electrons. The summed E-state index contributed by atoms with van der Waals surface area (Å²) in [5, 5.41) is 8.59. The Kier molecular flexibility index (Phi) is 5.10. The molecule has 0 aliphatic rings. The molecule has 122 valence electrons. The average molecular weight is 320 g/mol. The molecule has 0 atom stereocenters. The van der Waals surface area contributed by atoms with Crippen LogP contribution in [0.3, 0.4) is 0 Å². The van der Waals surface area contributed by atoms with Crippen LogP contribution in [0.15, 0.2) is 34.0 Å². The van der Waals surface area contributed by atoms with Crippen LogP contribution in [0.4, 0.5) is 4.39 Å². The summed E-state index contributed by atoms with van der Waals surface area (Å²) in [6, 6.07) is 4.60. The Morgan fingerprint density at radius 1 is 1.35 bits per heavy atom. The summed E-state index contributed by atoms with van der Waals surface area (Å²) in [6.45, 7) is 1.73. The van der Waals surface area contributed by atoms with E-state index in [2.05, 4.69) is 4.98 Å². The standard InChI is InChI=1S/C16H17FN2O4/c1-10-8-19(16(23)18-15(10)22)9-11-5-6-12(13(17)7-11)3-2-4-14(20)21/h5-8H,2-4,9H2,1H3,(H,20,21)(H,18,22,23). The van der Waals surface area contributed by atoms with E-state index in [9.17, 15) is 18.8 Å². The Bertz CT molecular complexity index is 839. The number of hydrogen-bond donors (Lipinski definition) is 2. The number of hydrogen-bond acceptors (Lipinski definition) is 3. The molecule has 7 heteroatoms. The van der Waals surface area contributed by atoms with Crippen LogP contribution < -0.4 is 11.2 Å². The topological polar surface area (TPSA) is 92.2 Å². The molecule has 0 unspecified atom stereocenters. The van der Waals surface area contributed by atoms with Gasteiger partial charge in [0.25, 0.3) is 5.56 Å². The molecule has 1 aromatic carbocycles. The van der Waals surface area contributed by atoms with Crippen molar-refractivity contribution in [3.05, 3.63) is 67.7 Å². The summed E-state index contributed by atoms with van der Waals surface area (Å²) in [7, 11) is 0. The van der Waals surface area contributed by atoms with Crippen molar-refractivity contribution in [3.8, 4) is 0 Å². The fourth-order valence-corrected chi connectivity index (χ4v) is 2.25. The summed E-state index contributed by atoms with van der Waals surface area (Å²) >= 11 is 0. The molecular weight excluding hydrogens is 303 g/mol. The summed E-state index contributed by atoms with van der Waals surface area (Å²) in [4.78, 5) is 35.7. The first-order chi connectivity index (χ1) is 10.9. The predicted octanol–water partition coefficient (Wildman–Crippen LogP) is 1.44. The van der Waals surface area contributed by atoms with Crippen LogP contribution in [0, 0.1) is 12.7 Å². The van der Waals surface area contributed by atoms with Gasteiger partial charge in [-0.25, -0.2) is 9.18 Å². The quantitative estimate of drug-likeness (QED) is 0.842. The van der Waals surface area contributed by atoms with E-state index in [0.717, 1.165) is 0 Å². The highest BCUT2D eigenvalue weighted by Crippen LogP contribution is 2.14. The molecule has 2 rings (SSSR count). The SMILES string of the molecule is Cc1cn(Cc2ccc(CCCC(=O)O)c(F)c2)c(=O)[nH]c1=O. The lowest BCUT2D eigenvalue weighted by Crippen LogP contribution is -2.31. The highest BCUT2D eigenvalue weighted by Gasteiger charge is 2.07. The van der Waals surface area contributed by atoms with Crippen LogP contribution in [0.25, 0.3) is 0 Å². The predicted molar refractivity (Wildman–Crippen MR) is 82.1 cm³/mol. The van der Waals surface area contributed by atoms with Crippen molar-refractivity contribution in [2.45, 2.75) is 32.7 Å². The minimum atomic E-state index is -0.908. The number of benzene rings is 1. The molecule has 0 fully saturated rings. The van der Waals surface area contributed by atoms with Crippen LogP contribution in [0.5, 0.6) is 0 Å². The summed E-state index contributed by atoms with van der Waals surface area (Å²) in [5.41, 5.74) is 0.436. The molecular formula is C16H17FN2O4. The smallest absolute Gasteiger partial charge is 0.328 e. The van der Waals surface area contributed by atoms with E-state index in [0.29, 0.717) is 29.5 Å². The summed E-state index contributed by atoms with van der Waals surface area (Å²) < 4.78 is 15.3. The molecule has 0 saturated carbocycles. The van der Waals surface area contributed by atoms with Crippen molar-refractivity contribution in [3.63, 3.8) is 0 Å². The molecule has 23 heavy (non-hydrogen) atoms. The van der Waals surface area contributed by atoms with Gasteiger partial charge in [0, 0.05) is 18.2 Å². The number of aryl methyl sites for hydroxylation is 2. The average Bonchev–Trinajstić information content (AvgIpc) is 2.46. The van der Waals surface area contributed by atoms with Crippen LogP contribution >= 0.6 is 0 Å². The van der Waals surface area contributed by atoms with Crippen molar-refractivity contribution >= 4 is 5.97 Å². The van der Waals surface area contributed by atoms with Gasteiger partial charge < -0.3 is 5.11 Å². The number of carboxylic acid groups (broad SMARTS) is 1. The van der Waals surface area contributed by atoms with Gasteiger partial charge >= 0.3 is 11.7 Å². The van der Waals surface area contributed by atoms with Gasteiger partial charge in [-0.3, -0.25) is 19.1 Å². The molecule has 0 saturated heterocycles. The molecule has 2 N–H and O–H groups in total. The van der Waals surface area contributed by atoms with E-state index in [-0.39, 0.29) is 13.0 Å². The Morgan fingerprint density at radius 3 is 2.74 bits per heavy atom. The maximum absolute atomic E-state index is 14.0. The number of carbonyl (C=O) groups is 1. The van der Waals surface area contributed by atoms with E-state index in [4.69, 9.17) is 5.11 Å². The number of halogens is 1. The zero-order valence-electron chi connectivity index (χ0n) is 12.6. The van der Waals surface area contributed by atoms with Gasteiger partial charge in [-0.05, 0) is 37.0 Å². The van der Waals surface area contributed by atoms with E-state index >= 15 is 0 Å². The number of aliphatic carboxylic acids is 1. The molecule has 1 aromatic heterocycles. The third-order valence-electron chi connectivity index (χ3n) is 3.50. The van der Waals surface area contributed by atoms with Gasteiger partial charge in [0.05, 0.1) is 6.54 Å². The summed E-state index contributed by atoms with van der Waals surface area (Å²) in [5.74, 6) is -1.34. The second-order valence-corrected chi connectivity index (χ2v) is 5.37. The number of nitrogens with zero attached hydrogens (tertiary/aromatic N) is 1. The van der Waals surface area contributed by atoms with Crippen LogP contribution in [0.1, 0.15) is 29.5 Å². The second kappa shape index (κ2) is 7.04. The lowest BCUT2D eigenvalue weighted by Gasteiger charge is -2.08. The first-order valence-corrected chi connectivity index (χ1v) is 7.16. The van der Waals surface area contributed by atoms with Gasteiger partial charge in [-0.15, -0.1) is 0 Å². The fraction of sp³-hybridized carbons (Fsp3) is 0.312. The largest absolute Gasteiger partial charge is 0.481 e. The number of H-pyrrole nitrogens is 1. The molecule has 0 aliphatic carbocycles. The van der Waals surface area contributed by atoms with Gasteiger partial charge in [-0.1, -0.05) is 12.1 Å². The van der Waals surface area contributed by atoms with Crippen molar-refractivity contribution in [1.29, 1.82) is 0 Å². The van der Waals surface area contributed by atoms with Gasteiger partial charge in [0.15, 0.2) is 0 Å². The van der Waals surface area contributed by atoms with Crippen LogP contribution in [-0.2, 0) is 17.8 Å². The Labute approximate surface area is 131 Å². The molecule has 1 heterocycles. The Morgan fingerprint density at radius 2 is 2.09 bits per heavy atom. The lowest BCUT2D eigenvalue weighted by molar-refractivity contribution is -0.137. The van der Waals surface area contributed by atoms with Crippen molar-refractivity contribution in [2.75, 3.05) is 0 Å². The second-order valence-electron chi connectivity index (χ2n) is 5.37. The van der Waals surface area contributed by atoms with Gasteiger partial charge in [-0.2, -0.15) is 0 Å². The summed E-state index contributed by atoms with van der Waals surface area (Å²) in [6.07, 6.45) is 2.13. The van der Waals surface area contributed by atoms with E-state index < -0.39 is 23.0 Å². The maximum Gasteiger partial charge on any atom is 0.328 e. The van der Waals surface area contributed by atoms with Crippen molar-refractivity contribution in [1.82, 2.24) is 9.55 Å². The maximum atomic E-state index is 14.0. The normalized spacial score (nSPS) is 10.7.